The summed E-state index contributed by atoms with van der Waals surface area (Å²) in [5.74, 6) is -3.75. The molecule has 2 amide bonds. The van der Waals surface area contributed by atoms with Crippen molar-refractivity contribution in [2.75, 3.05) is 11.4 Å². The van der Waals surface area contributed by atoms with Crippen LogP contribution in [0.2, 0.25) is 0 Å². The van der Waals surface area contributed by atoms with Crippen molar-refractivity contribution in [2.24, 2.45) is 5.92 Å². The number of halogens is 3. The van der Waals surface area contributed by atoms with Gasteiger partial charge in [0.15, 0.2) is 0 Å². The van der Waals surface area contributed by atoms with Crippen molar-refractivity contribution < 1.29 is 18.4 Å². The molecule has 1 aliphatic rings. The van der Waals surface area contributed by atoms with Crippen molar-refractivity contribution in [3.63, 3.8) is 0 Å². The van der Waals surface area contributed by atoms with E-state index < -0.39 is 35.4 Å². The third-order valence-electron chi connectivity index (χ3n) is 4.35. The van der Waals surface area contributed by atoms with E-state index >= 15 is 0 Å². The second-order valence-corrected chi connectivity index (χ2v) is 6.87. The number of nitriles is 1. The van der Waals surface area contributed by atoms with E-state index in [9.17, 15) is 23.6 Å². The molecule has 0 aliphatic carbocycles. The highest BCUT2D eigenvalue weighted by Crippen LogP contribution is 2.31. The molecule has 27 heavy (non-hydrogen) atoms. The standard InChI is InChI=1S/C19H14BrF2N3O2/c20-14-3-1-2-4-17(14)25-8-7-13(19(25)27)18(26)24-16(10-23)12-6-5-11(21)9-15(12)22/h1-6,9,13,16H,7-8H2,(H,24,26). The molecule has 2 aromatic rings. The van der Waals surface area contributed by atoms with Crippen molar-refractivity contribution in [1.82, 2.24) is 5.32 Å². The zero-order chi connectivity index (χ0) is 19.6. The van der Waals surface area contributed by atoms with E-state index in [4.69, 9.17) is 0 Å². The van der Waals surface area contributed by atoms with Crippen LogP contribution in [0.3, 0.4) is 0 Å². The van der Waals surface area contributed by atoms with Crippen LogP contribution < -0.4 is 10.2 Å². The van der Waals surface area contributed by atoms with Crippen molar-refractivity contribution in [2.45, 2.75) is 12.5 Å². The lowest BCUT2D eigenvalue weighted by atomic mass is 10.0. The Morgan fingerprint density at radius 3 is 2.70 bits per heavy atom. The summed E-state index contributed by atoms with van der Waals surface area (Å²) < 4.78 is 27.7. The first-order valence-electron chi connectivity index (χ1n) is 8.13. The quantitative estimate of drug-likeness (QED) is 0.750. The molecule has 5 nitrogen and oxygen atoms in total. The maximum Gasteiger partial charge on any atom is 0.239 e. The maximum absolute atomic E-state index is 13.9. The first kappa shape index (κ1) is 19.0. The van der Waals surface area contributed by atoms with Crippen molar-refractivity contribution >= 4 is 33.4 Å². The summed E-state index contributed by atoms with van der Waals surface area (Å²) in [6.45, 7) is 0.349. The molecule has 1 aliphatic heterocycles. The van der Waals surface area contributed by atoms with Crippen molar-refractivity contribution in [1.29, 1.82) is 5.26 Å². The predicted molar refractivity (Wildman–Crippen MR) is 97.5 cm³/mol. The Morgan fingerprint density at radius 1 is 1.30 bits per heavy atom. The lowest BCUT2D eigenvalue weighted by molar-refractivity contribution is -0.132. The van der Waals surface area contributed by atoms with Gasteiger partial charge in [0.05, 0.1) is 11.8 Å². The first-order valence-corrected chi connectivity index (χ1v) is 8.92. The number of anilines is 1. The number of amides is 2. The number of para-hydroxylation sites is 1. The summed E-state index contributed by atoms with van der Waals surface area (Å²) in [5.41, 5.74) is 0.500. The Bertz CT molecular complexity index is 945. The highest BCUT2D eigenvalue weighted by Gasteiger charge is 2.39. The Morgan fingerprint density at radius 2 is 2.04 bits per heavy atom. The van der Waals surface area contributed by atoms with Crippen LogP contribution in [0.1, 0.15) is 18.0 Å². The van der Waals surface area contributed by atoms with Crippen LogP contribution >= 0.6 is 15.9 Å². The zero-order valence-electron chi connectivity index (χ0n) is 14.0. The Labute approximate surface area is 162 Å². The van der Waals surface area contributed by atoms with Crippen LogP contribution in [-0.4, -0.2) is 18.4 Å². The van der Waals surface area contributed by atoms with Crippen molar-refractivity contribution in [3.05, 3.63) is 64.1 Å². The molecule has 3 rings (SSSR count). The number of hydrogen-bond acceptors (Lipinski definition) is 3. The van der Waals surface area contributed by atoms with E-state index in [0.717, 1.165) is 16.6 Å². The normalized spacial score (nSPS) is 17.5. The van der Waals surface area contributed by atoms with Gasteiger partial charge in [0, 0.05) is 22.6 Å². The number of hydrogen-bond donors (Lipinski definition) is 1. The summed E-state index contributed by atoms with van der Waals surface area (Å²) in [4.78, 5) is 26.7. The molecule has 8 heteroatoms. The summed E-state index contributed by atoms with van der Waals surface area (Å²) in [7, 11) is 0. The van der Waals surface area contributed by atoms with Crippen LogP contribution in [-0.2, 0) is 9.59 Å². The predicted octanol–water partition coefficient (Wildman–Crippen LogP) is 3.46. The van der Waals surface area contributed by atoms with Gasteiger partial charge in [-0.1, -0.05) is 18.2 Å². The summed E-state index contributed by atoms with van der Waals surface area (Å²) in [6.07, 6.45) is 0.274. The molecule has 0 spiro atoms. The zero-order valence-corrected chi connectivity index (χ0v) is 15.5. The summed E-state index contributed by atoms with van der Waals surface area (Å²) >= 11 is 3.38. The fraction of sp³-hybridized carbons (Fsp3) is 0.211. The Hall–Kier alpha value is -2.79. The van der Waals surface area contributed by atoms with Crippen LogP contribution in [0.25, 0.3) is 0 Å². The lowest BCUT2D eigenvalue weighted by Crippen LogP contribution is -2.38. The Balaban J connectivity index is 1.75. The number of benzene rings is 2. The lowest BCUT2D eigenvalue weighted by Gasteiger charge is -2.19. The minimum absolute atomic E-state index is 0.152. The third-order valence-corrected chi connectivity index (χ3v) is 5.03. The molecule has 1 saturated heterocycles. The molecule has 138 valence electrons. The number of nitrogens with one attached hydrogen (secondary N) is 1. The number of carbonyl (C=O) groups is 2. The largest absolute Gasteiger partial charge is 0.336 e. The van der Waals surface area contributed by atoms with E-state index in [0.29, 0.717) is 18.3 Å². The molecule has 2 unspecified atom stereocenters. The molecule has 1 N–H and O–H groups in total. The fourth-order valence-electron chi connectivity index (χ4n) is 2.99. The van der Waals surface area contributed by atoms with Crippen LogP contribution in [0.15, 0.2) is 46.9 Å². The van der Waals surface area contributed by atoms with E-state index in [2.05, 4.69) is 21.2 Å². The number of rotatable bonds is 4. The maximum atomic E-state index is 13.9. The van der Waals surface area contributed by atoms with Gasteiger partial charge in [-0.3, -0.25) is 9.59 Å². The van der Waals surface area contributed by atoms with Crippen LogP contribution in [0.4, 0.5) is 14.5 Å². The third kappa shape index (κ3) is 3.83. The van der Waals surface area contributed by atoms with Crippen LogP contribution in [0.5, 0.6) is 0 Å². The molecule has 2 aromatic carbocycles. The van der Waals surface area contributed by atoms with Gasteiger partial charge in [0.2, 0.25) is 11.8 Å². The van der Waals surface area contributed by atoms with E-state index in [1.165, 1.54) is 4.90 Å². The molecule has 0 saturated carbocycles. The van der Waals surface area contributed by atoms with Gasteiger partial charge < -0.3 is 10.2 Å². The van der Waals surface area contributed by atoms with Gasteiger partial charge in [-0.15, -0.1) is 0 Å². The number of nitrogens with zero attached hydrogens (tertiary/aromatic N) is 2. The van der Waals surface area contributed by atoms with Gasteiger partial charge in [-0.2, -0.15) is 5.26 Å². The summed E-state index contributed by atoms with van der Waals surface area (Å²) in [6, 6.07) is 10.3. The molecule has 0 aromatic heterocycles. The van der Waals surface area contributed by atoms with Gasteiger partial charge in [-0.25, -0.2) is 8.78 Å². The second-order valence-electron chi connectivity index (χ2n) is 6.02. The molecule has 1 heterocycles. The van der Waals surface area contributed by atoms with Crippen molar-refractivity contribution in [3.8, 4) is 6.07 Å². The average Bonchev–Trinajstić information content (AvgIpc) is 3.02. The SMILES string of the molecule is N#CC(NC(=O)C1CCN(c2ccccc2Br)C1=O)c1ccc(F)cc1F. The van der Waals surface area contributed by atoms with Gasteiger partial charge in [0.1, 0.15) is 23.6 Å². The molecular formula is C19H14BrF2N3O2. The molecule has 0 bridgehead atoms. The molecule has 0 radical (unpaired) electrons. The highest BCUT2D eigenvalue weighted by molar-refractivity contribution is 9.10. The van der Waals surface area contributed by atoms with Gasteiger partial charge in [0.25, 0.3) is 0 Å². The Kier molecular flexibility index (Phi) is 5.51. The monoisotopic (exact) mass is 433 g/mol. The smallest absolute Gasteiger partial charge is 0.239 e. The minimum Gasteiger partial charge on any atom is -0.336 e. The van der Waals surface area contributed by atoms with Gasteiger partial charge in [-0.05, 0) is 40.5 Å². The highest BCUT2D eigenvalue weighted by atomic mass is 79.9. The van der Waals surface area contributed by atoms with Crippen LogP contribution in [0, 0.1) is 28.9 Å². The number of carbonyl (C=O) groups excluding carboxylic acids is 2. The van der Waals surface area contributed by atoms with E-state index in [1.54, 1.807) is 24.3 Å². The first-order chi connectivity index (χ1) is 12.9. The fourth-order valence-corrected chi connectivity index (χ4v) is 3.49. The molecule has 2 atom stereocenters. The topological polar surface area (TPSA) is 73.2 Å². The molecule has 1 fully saturated rings. The average molecular weight is 434 g/mol. The minimum atomic E-state index is -1.32. The summed E-state index contributed by atoms with van der Waals surface area (Å²) in [5, 5.41) is 11.7. The van der Waals surface area contributed by atoms with E-state index in [1.807, 2.05) is 6.07 Å². The van der Waals surface area contributed by atoms with E-state index in [-0.39, 0.29) is 12.0 Å². The van der Waals surface area contributed by atoms with Gasteiger partial charge >= 0.3 is 0 Å². The second kappa shape index (κ2) is 7.84. The molecular weight excluding hydrogens is 420 g/mol.